The van der Waals surface area contributed by atoms with Gasteiger partial charge in [0.2, 0.25) is 5.91 Å². The standard InChI is InChI=1S/C17H27NO3/c1-11(12(19)20)18-13(21)17-8-14(2)5-15(3,9-17)7-16(4,6-14)10-17/h11H,5-10H2,1-4H3,(H,18,21)(H,19,20)/t11-,14?,15?,16?,17?/m1/s1. The van der Waals surface area contributed by atoms with E-state index in [2.05, 4.69) is 26.1 Å². The minimum absolute atomic E-state index is 0.0276. The van der Waals surface area contributed by atoms with Crippen LogP contribution in [0.2, 0.25) is 0 Å². The van der Waals surface area contributed by atoms with E-state index >= 15 is 0 Å². The maximum atomic E-state index is 12.9. The van der Waals surface area contributed by atoms with Crippen LogP contribution < -0.4 is 5.32 Å². The molecule has 0 aromatic rings. The second-order valence-electron chi connectivity index (χ2n) is 9.31. The van der Waals surface area contributed by atoms with Crippen molar-refractivity contribution in [2.45, 2.75) is 72.3 Å². The van der Waals surface area contributed by atoms with E-state index in [1.807, 2.05) is 0 Å². The van der Waals surface area contributed by atoms with Crippen molar-refractivity contribution in [2.75, 3.05) is 0 Å². The molecule has 4 rings (SSSR count). The zero-order chi connectivity index (χ0) is 15.7. The first kappa shape index (κ1) is 14.9. The van der Waals surface area contributed by atoms with Gasteiger partial charge < -0.3 is 10.4 Å². The molecule has 4 fully saturated rings. The molecule has 1 atom stereocenters. The predicted octanol–water partition coefficient (Wildman–Crippen LogP) is 2.96. The summed E-state index contributed by atoms with van der Waals surface area (Å²) in [5.74, 6) is -0.989. The van der Waals surface area contributed by atoms with Crippen molar-refractivity contribution in [2.24, 2.45) is 21.7 Å². The van der Waals surface area contributed by atoms with Gasteiger partial charge in [0.1, 0.15) is 6.04 Å². The molecule has 0 saturated heterocycles. The third kappa shape index (κ3) is 2.27. The summed E-state index contributed by atoms with van der Waals surface area (Å²) in [5, 5.41) is 11.8. The van der Waals surface area contributed by atoms with E-state index in [1.54, 1.807) is 6.92 Å². The zero-order valence-corrected chi connectivity index (χ0v) is 13.6. The van der Waals surface area contributed by atoms with Gasteiger partial charge in [0, 0.05) is 0 Å². The summed E-state index contributed by atoms with van der Waals surface area (Å²) in [6.45, 7) is 8.52. The Labute approximate surface area is 126 Å². The van der Waals surface area contributed by atoms with Crippen LogP contribution in [0.3, 0.4) is 0 Å². The molecule has 4 saturated carbocycles. The highest BCUT2D eigenvalue weighted by atomic mass is 16.4. The van der Waals surface area contributed by atoms with E-state index in [0.717, 1.165) is 19.3 Å². The van der Waals surface area contributed by atoms with Crippen LogP contribution in [0.1, 0.15) is 66.2 Å². The number of nitrogens with one attached hydrogen (secondary N) is 1. The average Bonchev–Trinajstić information content (AvgIpc) is 2.21. The number of hydrogen-bond acceptors (Lipinski definition) is 2. The number of carbonyl (C=O) groups excluding carboxylic acids is 1. The minimum Gasteiger partial charge on any atom is -0.480 e. The summed E-state index contributed by atoms with van der Waals surface area (Å²) in [7, 11) is 0. The monoisotopic (exact) mass is 293 g/mol. The molecule has 4 aliphatic carbocycles. The number of amides is 1. The van der Waals surface area contributed by atoms with Gasteiger partial charge in [0.05, 0.1) is 5.41 Å². The Balaban J connectivity index is 1.91. The van der Waals surface area contributed by atoms with Crippen molar-refractivity contribution in [3.8, 4) is 0 Å². The Morgan fingerprint density at radius 2 is 1.29 bits per heavy atom. The molecule has 0 aliphatic heterocycles. The van der Waals surface area contributed by atoms with Crippen LogP contribution in [-0.4, -0.2) is 23.0 Å². The van der Waals surface area contributed by atoms with E-state index in [4.69, 9.17) is 5.11 Å². The predicted molar refractivity (Wildman–Crippen MR) is 79.7 cm³/mol. The maximum Gasteiger partial charge on any atom is 0.325 e. The van der Waals surface area contributed by atoms with Crippen LogP contribution in [0.25, 0.3) is 0 Å². The molecule has 0 aromatic heterocycles. The lowest BCUT2D eigenvalue weighted by molar-refractivity contribution is -0.192. The van der Waals surface area contributed by atoms with Crippen molar-refractivity contribution in [1.82, 2.24) is 5.32 Å². The lowest BCUT2D eigenvalue weighted by Crippen LogP contribution is -2.63. The SMILES string of the molecule is C[C@@H](NC(=O)C12CC3(C)CC(C)(CC(C)(C3)C1)C2)C(=O)O. The van der Waals surface area contributed by atoms with E-state index in [1.165, 1.54) is 19.3 Å². The molecule has 1 amide bonds. The van der Waals surface area contributed by atoms with Crippen LogP contribution in [0.15, 0.2) is 0 Å². The fourth-order valence-electron chi connectivity index (χ4n) is 6.94. The summed E-state index contributed by atoms with van der Waals surface area (Å²) in [5.41, 5.74) is 0.364. The maximum absolute atomic E-state index is 12.9. The number of carboxylic acid groups (broad SMARTS) is 1. The van der Waals surface area contributed by atoms with Crippen LogP contribution in [0.5, 0.6) is 0 Å². The molecule has 0 spiro atoms. The summed E-state index contributed by atoms with van der Waals surface area (Å²) < 4.78 is 0. The van der Waals surface area contributed by atoms with Gasteiger partial charge in [-0.15, -0.1) is 0 Å². The third-order valence-corrected chi connectivity index (χ3v) is 6.06. The smallest absolute Gasteiger partial charge is 0.325 e. The molecule has 0 aromatic carbocycles. The van der Waals surface area contributed by atoms with Gasteiger partial charge in [0.15, 0.2) is 0 Å². The molecule has 4 heteroatoms. The quantitative estimate of drug-likeness (QED) is 0.840. The molecule has 0 unspecified atom stereocenters. The first-order valence-corrected chi connectivity index (χ1v) is 8.03. The minimum atomic E-state index is -0.961. The molecule has 4 aliphatic rings. The number of aliphatic carboxylic acids is 1. The van der Waals surface area contributed by atoms with Gasteiger partial charge in [-0.2, -0.15) is 0 Å². The molecular weight excluding hydrogens is 266 g/mol. The largest absolute Gasteiger partial charge is 0.480 e. The van der Waals surface area contributed by atoms with E-state index in [-0.39, 0.29) is 27.6 Å². The number of hydrogen-bond donors (Lipinski definition) is 2. The summed E-state index contributed by atoms with van der Waals surface area (Å²) in [6.07, 6.45) is 6.38. The van der Waals surface area contributed by atoms with Gasteiger partial charge in [0.25, 0.3) is 0 Å². The second-order valence-corrected chi connectivity index (χ2v) is 9.31. The van der Waals surface area contributed by atoms with Gasteiger partial charge in [-0.05, 0) is 61.7 Å². The van der Waals surface area contributed by atoms with Crippen LogP contribution in [0, 0.1) is 21.7 Å². The van der Waals surface area contributed by atoms with Gasteiger partial charge in [-0.3, -0.25) is 9.59 Å². The summed E-state index contributed by atoms with van der Waals surface area (Å²) in [4.78, 5) is 23.9. The average molecular weight is 293 g/mol. The van der Waals surface area contributed by atoms with Crippen molar-refractivity contribution in [3.63, 3.8) is 0 Å². The first-order chi connectivity index (χ1) is 9.49. The van der Waals surface area contributed by atoms with Crippen molar-refractivity contribution < 1.29 is 14.7 Å². The summed E-state index contributed by atoms with van der Waals surface area (Å²) in [6, 6.07) is -0.807. The first-order valence-electron chi connectivity index (χ1n) is 8.03. The normalized spacial score (nSPS) is 49.0. The molecular formula is C17H27NO3. The highest BCUT2D eigenvalue weighted by molar-refractivity contribution is 5.87. The molecule has 0 heterocycles. The van der Waals surface area contributed by atoms with Gasteiger partial charge in [-0.25, -0.2) is 0 Å². The Hall–Kier alpha value is -1.06. The van der Waals surface area contributed by atoms with Crippen LogP contribution in [0.4, 0.5) is 0 Å². The van der Waals surface area contributed by atoms with Crippen molar-refractivity contribution in [1.29, 1.82) is 0 Å². The molecule has 4 bridgehead atoms. The van der Waals surface area contributed by atoms with E-state index in [9.17, 15) is 9.59 Å². The number of carboxylic acids is 1. The highest BCUT2D eigenvalue weighted by Crippen LogP contribution is 2.73. The number of rotatable bonds is 3. The Bertz CT molecular complexity index is 459. The molecule has 2 N–H and O–H groups in total. The van der Waals surface area contributed by atoms with Crippen LogP contribution in [-0.2, 0) is 9.59 Å². The molecule has 4 nitrogen and oxygen atoms in total. The fraction of sp³-hybridized carbons (Fsp3) is 0.882. The summed E-state index contributed by atoms with van der Waals surface area (Å²) >= 11 is 0. The molecule has 0 radical (unpaired) electrons. The number of carbonyl (C=O) groups is 2. The van der Waals surface area contributed by atoms with Gasteiger partial charge in [-0.1, -0.05) is 20.8 Å². The third-order valence-electron chi connectivity index (χ3n) is 6.06. The topological polar surface area (TPSA) is 66.4 Å². The van der Waals surface area contributed by atoms with Crippen LogP contribution >= 0.6 is 0 Å². The van der Waals surface area contributed by atoms with Crippen molar-refractivity contribution in [3.05, 3.63) is 0 Å². The Kier molecular flexibility index (Phi) is 2.84. The highest BCUT2D eigenvalue weighted by Gasteiger charge is 2.66. The zero-order valence-electron chi connectivity index (χ0n) is 13.6. The fourth-order valence-corrected chi connectivity index (χ4v) is 6.94. The van der Waals surface area contributed by atoms with E-state index in [0.29, 0.717) is 0 Å². The van der Waals surface area contributed by atoms with E-state index < -0.39 is 12.0 Å². The Morgan fingerprint density at radius 3 is 1.62 bits per heavy atom. The molecule has 118 valence electrons. The lowest BCUT2D eigenvalue weighted by Gasteiger charge is -2.68. The second kappa shape index (κ2) is 4.02. The van der Waals surface area contributed by atoms with Gasteiger partial charge >= 0.3 is 5.97 Å². The Morgan fingerprint density at radius 1 is 0.905 bits per heavy atom. The molecule has 21 heavy (non-hydrogen) atoms. The lowest BCUT2D eigenvalue weighted by atomic mass is 9.36. The van der Waals surface area contributed by atoms with Crippen molar-refractivity contribution >= 4 is 11.9 Å².